The van der Waals surface area contributed by atoms with E-state index in [4.69, 9.17) is 16.6 Å². The molecule has 0 heterocycles. The lowest BCUT2D eigenvalue weighted by Crippen LogP contribution is -2.09. The summed E-state index contributed by atoms with van der Waals surface area (Å²) in [5, 5.41) is 16.6. The largest absolute Gasteiger partial charge is 0.394 e. The minimum absolute atomic E-state index is 0.233. The standard InChI is InChI=1S/C5H8O2/c1-2-3-5(7)4-6/h1,5-7H,3-4H2/t5-/m0/s1. The van der Waals surface area contributed by atoms with Gasteiger partial charge in [-0.2, -0.15) is 0 Å². The molecule has 0 bridgehead atoms. The summed E-state index contributed by atoms with van der Waals surface area (Å²) in [5.41, 5.74) is 0. The third-order valence-electron chi connectivity index (χ3n) is 0.564. The lowest BCUT2D eigenvalue weighted by Gasteiger charge is -1.97. The number of hydrogen-bond acceptors (Lipinski definition) is 2. The van der Waals surface area contributed by atoms with Gasteiger partial charge in [-0.1, -0.05) is 0 Å². The number of terminal acetylenes is 1. The molecule has 0 unspecified atom stereocenters. The van der Waals surface area contributed by atoms with Gasteiger partial charge in [0.15, 0.2) is 0 Å². The van der Waals surface area contributed by atoms with Crippen LogP contribution in [-0.4, -0.2) is 22.9 Å². The molecule has 0 amide bonds. The molecular formula is C5H8O2. The van der Waals surface area contributed by atoms with Gasteiger partial charge >= 0.3 is 0 Å². The van der Waals surface area contributed by atoms with Crippen molar-refractivity contribution in [2.45, 2.75) is 12.5 Å². The highest BCUT2D eigenvalue weighted by Gasteiger charge is 1.94. The molecule has 0 radical (unpaired) electrons. The minimum atomic E-state index is -0.731. The van der Waals surface area contributed by atoms with Crippen molar-refractivity contribution in [1.82, 2.24) is 0 Å². The Morgan fingerprint density at radius 1 is 1.71 bits per heavy atom. The maximum Gasteiger partial charge on any atom is 0.0879 e. The minimum Gasteiger partial charge on any atom is -0.394 e. The van der Waals surface area contributed by atoms with Crippen LogP contribution in [0.15, 0.2) is 0 Å². The molecule has 0 aliphatic heterocycles. The smallest absolute Gasteiger partial charge is 0.0879 e. The lowest BCUT2D eigenvalue weighted by atomic mass is 10.3. The molecule has 0 saturated carbocycles. The summed E-state index contributed by atoms with van der Waals surface area (Å²) in [6.07, 6.45) is 4.29. The Hall–Kier alpha value is -0.520. The van der Waals surface area contributed by atoms with Crippen LogP contribution in [0.2, 0.25) is 0 Å². The van der Waals surface area contributed by atoms with Crippen molar-refractivity contribution < 1.29 is 10.2 Å². The highest BCUT2D eigenvalue weighted by Crippen LogP contribution is 1.83. The van der Waals surface area contributed by atoms with Crippen molar-refractivity contribution in [3.8, 4) is 12.3 Å². The molecule has 0 saturated heterocycles. The second kappa shape index (κ2) is 3.66. The predicted molar refractivity (Wildman–Crippen MR) is 26.5 cm³/mol. The third kappa shape index (κ3) is 3.31. The van der Waals surface area contributed by atoms with E-state index in [1.54, 1.807) is 0 Å². The predicted octanol–water partition coefficient (Wildman–Crippen LogP) is -0.637. The molecular weight excluding hydrogens is 92.1 g/mol. The van der Waals surface area contributed by atoms with E-state index in [0.29, 0.717) is 0 Å². The van der Waals surface area contributed by atoms with Gasteiger partial charge in [0.25, 0.3) is 0 Å². The topological polar surface area (TPSA) is 40.5 Å². The Morgan fingerprint density at radius 2 is 2.29 bits per heavy atom. The molecule has 0 rings (SSSR count). The Balaban J connectivity index is 3.03. The fraction of sp³-hybridized carbons (Fsp3) is 0.600. The van der Waals surface area contributed by atoms with Gasteiger partial charge in [-0.15, -0.1) is 12.3 Å². The zero-order valence-corrected chi connectivity index (χ0v) is 3.96. The zero-order chi connectivity index (χ0) is 5.70. The summed E-state index contributed by atoms with van der Waals surface area (Å²) in [6.45, 7) is -0.246. The van der Waals surface area contributed by atoms with E-state index in [0.717, 1.165) is 0 Å². The summed E-state index contributed by atoms with van der Waals surface area (Å²) >= 11 is 0. The van der Waals surface area contributed by atoms with Crippen LogP contribution in [0.25, 0.3) is 0 Å². The first-order valence-electron chi connectivity index (χ1n) is 2.03. The van der Waals surface area contributed by atoms with E-state index in [1.165, 1.54) is 0 Å². The van der Waals surface area contributed by atoms with Crippen molar-refractivity contribution >= 4 is 0 Å². The van der Waals surface area contributed by atoms with Crippen molar-refractivity contribution in [2.24, 2.45) is 0 Å². The Bertz CT molecular complexity index is 72.6. The number of aliphatic hydroxyl groups excluding tert-OH is 2. The maximum absolute atomic E-state index is 8.47. The molecule has 1 atom stereocenters. The van der Waals surface area contributed by atoms with Gasteiger partial charge in [-0.05, 0) is 0 Å². The summed E-state index contributed by atoms with van der Waals surface area (Å²) in [4.78, 5) is 0. The fourth-order valence-electron chi connectivity index (χ4n) is 0.201. The second-order valence-corrected chi connectivity index (χ2v) is 1.24. The summed E-state index contributed by atoms with van der Waals surface area (Å²) in [5.74, 6) is 2.21. The molecule has 0 aliphatic rings. The van der Waals surface area contributed by atoms with Crippen LogP contribution in [-0.2, 0) is 0 Å². The van der Waals surface area contributed by atoms with Crippen molar-refractivity contribution in [1.29, 1.82) is 0 Å². The average Bonchev–Trinajstić information content (AvgIpc) is 1.68. The molecule has 40 valence electrons. The first-order chi connectivity index (χ1) is 3.31. The molecule has 2 heteroatoms. The van der Waals surface area contributed by atoms with Crippen molar-refractivity contribution in [3.63, 3.8) is 0 Å². The van der Waals surface area contributed by atoms with Crippen LogP contribution >= 0.6 is 0 Å². The Morgan fingerprint density at radius 3 is 2.43 bits per heavy atom. The third-order valence-corrected chi connectivity index (χ3v) is 0.564. The van der Waals surface area contributed by atoms with E-state index < -0.39 is 6.10 Å². The van der Waals surface area contributed by atoms with Gasteiger partial charge in [0.05, 0.1) is 12.7 Å². The van der Waals surface area contributed by atoms with E-state index in [-0.39, 0.29) is 13.0 Å². The molecule has 0 fully saturated rings. The molecule has 7 heavy (non-hydrogen) atoms. The molecule has 0 aromatic heterocycles. The van der Waals surface area contributed by atoms with Crippen LogP contribution in [0.3, 0.4) is 0 Å². The Labute approximate surface area is 42.8 Å². The van der Waals surface area contributed by atoms with Crippen molar-refractivity contribution in [2.75, 3.05) is 6.61 Å². The lowest BCUT2D eigenvalue weighted by molar-refractivity contribution is 0.0993. The van der Waals surface area contributed by atoms with Gasteiger partial charge in [0.2, 0.25) is 0 Å². The molecule has 2 nitrogen and oxygen atoms in total. The highest BCUT2D eigenvalue weighted by atomic mass is 16.3. The molecule has 0 aliphatic carbocycles. The van der Waals surface area contributed by atoms with Gasteiger partial charge in [-0.3, -0.25) is 0 Å². The van der Waals surface area contributed by atoms with E-state index >= 15 is 0 Å². The van der Waals surface area contributed by atoms with Crippen LogP contribution < -0.4 is 0 Å². The molecule has 0 aromatic rings. The Kier molecular flexibility index (Phi) is 3.39. The van der Waals surface area contributed by atoms with Gasteiger partial charge in [0.1, 0.15) is 0 Å². The second-order valence-electron chi connectivity index (χ2n) is 1.24. The SMILES string of the molecule is C#CC[C@H](O)CO. The van der Waals surface area contributed by atoms with Gasteiger partial charge in [-0.25, -0.2) is 0 Å². The average molecular weight is 100 g/mol. The normalized spacial score (nSPS) is 12.7. The molecule has 0 aromatic carbocycles. The van der Waals surface area contributed by atoms with Crippen LogP contribution in [0.4, 0.5) is 0 Å². The van der Waals surface area contributed by atoms with Crippen molar-refractivity contribution in [3.05, 3.63) is 0 Å². The van der Waals surface area contributed by atoms with E-state index in [1.807, 2.05) is 0 Å². The summed E-state index contributed by atoms with van der Waals surface area (Å²) in [6, 6.07) is 0. The quantitative estimate of drug-likeness (QED) is 0.453. The fourth-order valence-corrected chi connectivity index (χ4v) is 0.201. The maximum atomic E-state index is 8.47. The van der Waals surface area contributed by atoms with E-state index in [2.05, 4.69) is 5.92 Å². The first kappa shape index (κ1) is 6.48. The number of aliphatic hydroxyl groups is 2. The van der Waals surface area contributed by atoms with Crippen LogP contribution in [0.5, 0.6) is 0 Å². The highest BCUT2D eigenvalue weighted by molar-refractivity contribution is 4.86. The molecule has 2 N–H and O–H groups in total. The van der Waals surface area contributed by atoms with E-state index in [9.17, 15) is 0 Å². The van der Waals surface area contributed by atoms with Crippen LogP contribution in [0.1, 0.15) is 6.42 Å². The summed E-state index contributed by atoms with van der Waals surface area (Å²) < 4.78 is 0. The monoisotopic (exact) mass is 100 g/mol. The number of rotatable bonds is 2. The van der Waals surface area contributed by atoms with Gasteiger partial charge in [0, 0.05) is 6.42 Å². The zero-order valence-electron chi connectivity index (χ0n) is 3.96. The number of hydrogen-bond donors (Lipinski definition) is 2. The van der Waals surface area contributed by atoms with Crippen LogP contribution in [0, 0.1) is 12.3 Å². The summed E-state index contributed by atoms with van der Waals surface area (Å²) in [7, 11) is 0. The van der Waals surface area contributed by atoms with Gasteiger partial charge < -0.3 is 10.2 Å². The first-order valence-corrected chi connectivity index (χ1v) is 2.03. The molecule has 0 spiro atoms.